The third-order valence-corrected chi connectivity index (χ3v) is 2.60. The fraction of sp³-hybridized carbons (Fsp3) is 0.700. The van der Waals surface area contributed by atoms with Gasteiger partial charge in [0.2, 0.25) is 5.91 Å². The largest absolute Gasteiger partial charge is 0.351 e. The number of carbonyl (C=O) groups is 1. The van der Waals surface area contributed by atoms with Crippen LogP contribution in [-0.2, 0) is 4.79 Å². The normalized spacial score (nSPS) is 24.6. The highest BCUT2D eigenvalue weighted by Crippen LogP contribution is 2.10. The molecule has 1 aliphatic rings. The second-order valence-electron chi connectivity index (χ2n) is 3.75. The summed E-state index contributed by atoms with van der Waals surface area (Å²) in [5, 5.41) is 2.78. The molecule has 0 radical (unpaired) electrons. The Kier molecular flexibility index (Phi) is 4.10. The van der Waals surface area contributed by atoms with Crippen molar-refractivity contribution < 1.29 is 4.79 Å². The molecule has 14 heavy (non-hydrogen) atoms. The summed E-state index contributed by atoms with van der Waals surface area (Å²) in [5.74, 6) is 0.0546. The molecule has 4 heteroatoms. The Morgan fingerprint density at radius 3 is 3.07 bits per heavy atom. The summed E-state index contributed by atoms with van der Waals surface area (Å²) in [6.07, 6.45) is 2.67. The van der Waals surface area contributed by atoms with Gasteiger partial charge >= 0.3 is 0 Å². The van der Waals surface area contributed by atoms with Crippen molar-refractivity contribution in [3.05, 3.63) is 12.7 Å². The zero-order valence-corrected chi connectivity index (χ0v) is 8.70. The van der Waals surface area contributed by atoms with Crippen LogP contribution in [-0.4, -0.2) is 42.5 Å². The van der Waals surface area contributed by atoms with E-state index in [2.05, 4.69) is 16.8 Å². The third kappa shape index (κ3) is 2.82. The van der Waals surface area contributed by atoms with Gasteiger partial charge in [0.25, 0.3) is 0 Å². The zero-order chi connectivity index (χ0) is 10.6. The lowest BCUT2D eigenvalue weighted by Crippen LogP contribution is -2.44. The van der Waals surface area contributed by atoms with Gasteiger partial charge in [-0.1, -0.05) is 6.08 Å². The molecular formula is C10H19N3O. The maximum atomic E-state index is 11.6. The molecule has 3 N–H and O–H groups in total. The SMILES string of the molecule is C=CCNC(=O)C(C)N1CCC(N)C1. The number of likely N-dealkylation sites (tertiary alicyclic amines) is 1. The Balaban J connectivity index is 2.36. The highest BCUT2D eigenvalue weighted by Gasteiger charge is 2.27. The Labute approximate surface area is 85.1 Å². The standard InChI is InChI=1S/C10H19N3O/c1-3-5-12-10(14)8(2)13-6-4-9(11)7-13/h3,8-9H,1,4-7,11H2,2H3,(H,12,14). The number of nitrogens with two attached hydrogens (primary N) is 1. The zero-order valence-electron chi connectivity index (χ0n) is 8.70. The van der Waals surface area contributed by atoms with Crippen molar-refractivity contribution in [2.24, 2.45) is 5.73 Å². The van der Waals surface area contributed by atoms with Gasteiger partial charge in [0.1, 0.15) is 0 Å². The van der Waals surface area contributed by atoms with Crippen molar-refractivity contribution in [3.8, 4) is 0 Å². The highest BCUT2D eigenvalue weighted by atomic mass is 16.2. The van der Waals surface area contributed by atoms with Crippen molar-refractivity contribution in [3.63, 3.8) is 0 Å². The molecule has 0 aromatic rings. The second kappa shape index (κ2) is 5.12. The first kappa shape index (κ1) is 11.2. The van der Waals surface area contributed by atoms with E-state index in [4.69, 9.17) is 5.73 Å². The van der Waals surface area contributed by atoms with E-state index in [1.807, 2.05) is 6.92 Å². The summed E-state index contributed by atoms with van der Waals surface area (Å²) in [6.45, 7) is 7.74. The van der Waals surface area contributed by atoms with E-state index >= 15 is 0 Å². The third-order valence-electron chi connectivity index (χ3n) is 2.60. The maximum Gasteiger partial charge on any atom is 0.237 e. The molecule has 1 saturated heterocycles. The van der Waals surface area contributed by atoms with Crippen LogP contribution < -0.4 is 11.1 Å². The van der Waals surface area contributed by atoms with Gasteiger partial charge < -0.3 is 11.1 Å². The van der Waals surface area contributed by atoms with Crippen LogP contribution in [0.3, 0.4) is 0 Å². The number of hydrogen-bond acceptors (Lipinski definition) is 3. The number of nitrogens with one attached hydrogen (secondary N) is 1. The molecule has 0 spiro atoms. The molecule has 0 saturated carbocycles. The minimum absolute atomic E-state index is 0.0546. The molecule has 1 rings (SSSR count). The van der Waals surface area contributed by atoms with Gasteiger partial charge in [-0.05, 0) is 13.3 Å². The molecule has 0 aromatic heterocycles. The van der Waals surface area contributed by atoms with E-state index in [0.717, 1.165) is 19.5 Å². The Morgan fingerprint density at radius 2 is 2.57 bits per heavy atom. The minimum atomic E-state index is -0.0801. The van der Waals surface area contributed by atoms with Gasteiger partial charge in [-0.25, -0.2) is 0 Å². The van der Waals surface area contributed by atoms with Gasteiger partial charge in [-0.3, -0.25) is 9.69 Å². The van der Waals surface area contributed by atoms with Crippen molar-refractivity contribution in [2.75, 3.05) is 19.6 Å². The summed E-state index contributed by atoms with van der Waals surface area (Å²) in [5.41, 5.74) is 5.77. The van der Waals surface area contributed by atoms with Crippen molar-refractivity contribution in [1.29, 1.82) is 0 Å². The van der Waals surface area contributed by atoms with Crippen LogP contribution >= 0.6 is 0 Å². The van der Waals surface area contributed by atoms with E-state index in [1.165, 1.54) is 0 Å². The fourth-order valence-electron chi connectivity index (χ4n) is 1.65. The van der Waals surface area contributed by atoms with Gasteiger partial charge in [0.05, 0.1) is 6.04 Å². The van der Waals surface area contributed by atoms with Gasteiger partial charge in [-0.2, -0.15) is 0 Å². The predicted molar refractivity (Wildman–Crippen MR) is 56.8 cm³/mol. The average molecular weight is 197 g/mol. The van der Waals surface area contributed by atoms with Crippen LogP contribution in [0, 0.1) is 0 Å². The lowest BCUT2D eigenvalue weighted by Gasteiger charge is -2.22. The van der Waals surface area contributed by atoms with Gasteiger partial charge in [0.15, 0.2) is 0 Å². The lowest BCUT2D eigenvalue weighted by molar-refractivity contribution is -0.125. The van der Waals surface area contributed by atoms with E-state index in [9.17, 15) is 4.79 Å². The lowest BCUT2D eigenvalue weighted by atomic mass is 10.2. The molecule has 4 nitrogen and oxygen atoms in total. The first-order valence-electron chi connectivity index (χ1n) is 5.03. The van der Waals surface area contributed by atoms with Crippen LogP contribution in [0.2, 0.25) is 0 Å². The van der Waals surface area contributed by atoms with E-state index in [1.54, 1.807) is 6.08 Å². The average Bonchev–Trinajstić information content (AvgIpc) is 2.60. The molecule has 0 aliphatic carbocycles. The van der Waals surface area contributed by atoms with Crippen LogP contribution in [0.15, 0.2) is 12.7 Å². The summed E-state index contributed by atoms with van der Waals surface area (Å²) >= 11 is 0. The van der Waals surface area contributed by atoms with Crippen molar-refractivity contribution >= 4 is 5.91 Å². The minimum Gasteiger partial charge on any atom is -0.351 e. The van der Waals surface area contributed by atoms with Gasteiger partial charge in [-0.15, -0.1) is 6.58 Å². The summed E-state index contributed by atoms with van der Waals surface area (Å²) < 4.78 is 0. The molecule has 1 fully saturated rings. The number of carbonyl (C=O) groups excluding carboxylic acids is 1. The first-order valence-corrected chi connectivity index (χ1v) is 5.03. The van der Waals surface area contributed by atoms with Crippen molar-refractivity contribution in [2.45, 2.75) is 25.4 Å². The molecule has 1 amide bonds. The first-order chi connectivity index (χ1) is 6.65. The molecule has 0 bridgehead atoms. The molecule has 1 aliphatic heterocycles. The number of hydrogen-bond donors (Lipinski definition) is 2. The van der Waals surface area contributed by atoms with Crippen LogP contribution in [0.4, 0.5) is 0 Å². The highest BCUT2D eigenvalue weighted by molar-refractivity contribution is 5.81. The fourth-order valence-corrected chi connectivity index (χ4v) is 1.65. The predicted octanol–water partition coefficient (Wildman–Crippen LogP) is -0.290. The Hall–Kier alpha value is -0.870. The molecular weight excluding hydrogens is 178 g/mol. The molecule has 0 aromatic carbocycles. The molecule has 2 atom stereocenters. The Bertz CT molecular complexity index is 217. The quantitative estimate of drug-likeness (QED) is 0.609. The Morgan fingerprint density at radius 1 is 1.86 bits per heavy atom. The van der Waals surface area contributed by atoms with Gasteiger partial charge in [0, 0.05) is 25.7 Å². The van der Waals surface area contributed by atoms with Crippen LogP contribution in [0.5, 0.6) is 0 Å². The van der Waals surface area contributed by atoms with E-state index in [-0.39, 0.29) is 18.0 Å². The molecule has 2 unspecified atom stereocenters. The van der Waals surface area contributed by atoms with E-state index in [0.29, 0.717) is 6.54 Å². The summed E-state index contributed by atoms with van der Waals surface area (Å²) in [4.78, 5) is 13.7. The summed E-state index contributed by atoms with van der Waals surface area (Å²) in [6, 6.07) is 0.146. The maximum absolute atomic E-state index is 11.6. The monoisotopic (exact) mass is 197 g/mol. The van der Waals surface area contributed by atoms with Crippen LogP contribution in [0.25, 0.3) is 0 Å². The molecule has 1 heterocycles. The second-order valence-corrected chi connectivity index (χ2v) is 3.75. The molecule has 80 valence electrons. The van der Waals surface area contributed by atoms with Crippen molar-refractivity contribution in [1.82, 2.24) is 10.2 Å². The number of nitrogens with zero attached hydrogens (tertiary/aromatic N) is 1. The smallest absolute Gasteiger partial charge is 0.237 e. The summed E-state index contributed by atoms with van der Waals surface area (Å²) in [7, 11) is 0. The number of amides is 1. The van der Waals surface area contributed by atoms with E-state index < -0.39 is 0 Å². The number of rotatable bonds is 4. The van der Waals surface area contributed by atoms with Crippen LogP contribution in [0.1, 0.15) is 13.3 Å². The topological polar surface area (TPSA) is 58.4 Å².